The molecule has 0 atom stereocenters. The second-order valence-corrected chi connectivity index (χ2v) is 6.78. The first-order chi connectivity index (χ1) is 9.56. The van der Waals surface area contributed by atoms with Crippen LogP contribution in [-0.4, -0.2) is 25.2 Å². The maximum atomic E-state index is 6.18. The van der Waals surface area contributed by atoms with Gasteiger partial charge in [0.15, 0.2) is 0 Å². The summed E-state index contributed by atoms with van der Waals surface area (Å²) in [5.41, 5.74) is 2.77. The number of hydrogen-bond acceptors (Lipinski definition) is 2. The lowest BCUT2D eigenvalue weighted by Gasteiger charge is -2.35. The Morgan fingerprint density at radius 1 is 1.30 bits per heavy atom. The predicted octanol–water partition coefficient (Wildman–Crippen LogP) is 4.69. The Morgan fingerprint density at radius 3 is 2.60 bits per heavy atom. The summed E-state index contributed by atoms with van der Waals surface area (Å²) in [6.45, 7) is 9.01. The molecule has 1 aromatic carbocycles. The summed E-state index contributed by atoms with van der Waals surface area (Å²) >= 11 is 3.66. The highest BCUT2D eigenvalue weighted by molar-refractivity contribution is 9.09. The van der Waals surface area contributed by atoms with E-state index in [0.717, 1.165) is 43.7 Å². The normalized spacial score (nSPS) is 18.2. The molecule has 0 amide bonds. The highest BCUT2D eigenvalue weighted by Gasteiger charge is 2.32. The van der Waals surface area contributed by atoms with Gasteiger partial charge in [-0.05, 0) is 42.9 Å². The van der Waals surface area contributed by atoms with Crippen molar-refractivity contribution in [1.82, 2.24) is 0 Å². The fourth-order valence-corrected chi connectivity index (χ4v) is 3.21. The second kappa shape index (κ2) is 6.95. The van der Waals surface area contributed by atoms with Gasteiger partial charge in [-0.1, -0.05) is 41.9 Å². The van der Waals surface area contributed by atoms with E-state index in [-0.39, 0.29) is 5.41 Å². The third-order valence-corrected chi connectivity index (χ3v) is 5.44. The zero-order valence-electron chi connectivity index (χ0n) is 12.7. The van der Waals surface area contributed by atoms with E-state index >= 15 is 0 Å². The largest absolute Gasteiger partial charge is 0.493 e. The van der Waals surface area contributed by atoms with Gasteiger partial charge in [0, 0.05) is 24.0 Å². The van der Waals surface area contributed by atoms with Crippen LogP contribution in [0, 0.1) is 12.3 Å². The standard InChI is InChI=1S/C17H25BrO2/c1-13(2)15-5-4-14(3)16(10-15)20-12-17(11-18)6-8-19-9-7-17/h4-5,10,13H,6-9,11-12H2,1-3H3. The van der Waals surface area contributed by atoms with Crippen molar-refractivity contribution in [2.45, 2.75) is 39.5 Å². The van der Waals surface area contributed by atoms with Crippen molar-refractivity contribution in [3.05, 3.63) is 29.3 Å². The molecule has 0 unspecified atom stereocenters. The van der Waals surface area contributed by atoms with Crippen molar-refractivity contribution < 1.29 is 9.47 Å². The summed E-state index contributed by atoms with van der Waals surface area (Å²) in [5.74, 6) is 1.56. The van der Waals surface area contributed by atoms with E-state index in [4.69, 9.17) is 9.47 Å². The molecule has 2 nitrogen and oxygen atoms in total. The number of alkyl halides is 1. The van der Waals surface area contributed by atoms with Gasteiger partial charge in [0.25, 0.3) is 0 Å². The van der Waals surface area contributed by atoms with Crippen LogP contribution in [0.4, 0.5) is 0 Å². The topological polar surface area (TPSA) is 18.5 Å². The van der Waals surface area contributed by atoms with E-state index in [0.29, 0.717) is 5.92 Å². The van der Waals surface area contributed by atoms with Crippen LogP contribution in [0.25, 0.3) is 0 Å². The van der Waals surface area contributed by atoms with Gasteiger partial charge >= 0.3 is 0 Å². The van der Waals surface area contributed by atoms with Crippen molar-refractivity contribution in [3.8, 4) is 5.75 Å². The van der Waals surface area contributed by atoms with Crippen molar-refractivity contribution in [1.29, 1.82) is 0 Å². The van der Waals surface area contributed by atoms with Gasteiger partial charge in [0.05, 0.1) is 6.61 Å². The lowest BCUT2D eigenvalue weighted by molar-refractivity contribution is 0.00342. The van der Waals surface area contributed by atoms with Crippen molar-refractivity contribution in [2.24, 2.45) is 5.41 Å². The van der Waals surface area contributed by atoms with Crippen LogP contribution in [-0.2, 0) is 4.74 Å². The zero-order chi connectivity index (χ0) is 14.6. The van der Waals surface area contributed by atoms with Crippen molar-refractivity contribution >= 4 is 15.9 Å². The molecule has 112 valence electrons. The minimum Gasteiger partial charge on any atom is -0.493 e. The molecule has 1 fully saturated rings. The number of aryl methyl sites for hydroxylation is 1. The van der Waals surface area contributed by atoms with E-state index in [2.05, 4.69) is 54.9 Å². The van der Waals surface area contributed by atoms with Gasteiger partial charge in [-0.15, -0.1) is 0 Å². The van der Waals surface area contributed by atoms with E-state index in [9.17, 15) is 0 Å². The summed E-state index contributed by atoms with van der Waals surface area (Å²) in [6.07, 6.45) is 2.14. The van der Waals surface area contributed by atoms with Gasteiger partial charge in [-0.2, -0.15) is 0 Å². The van der Waals surface area contributed by atoms with Crippen LogP contribution in [0.15, 0.2) is 18.2 Å². The Hall–Kier alpha value is -0.540. The van der Waals surface area contributed by atoms with Crippen molar-refractivity contribution in [3.63, 3.8) is 0 Å². The Balaban J connectivity index is 2.07. The first-order valence-electron chi connectivity index (χ1n) is 7.43. The molecule has 1 aliphatic rings. The van der Waals surface area contributed by atoms with Gasteiger partial charge in [0.2, 0.25) is 0 Å². The third-order valence-electron chi connectivity index (χ3n) is 4.25. The third kappa shape index (κ3) is 3.76. The SMILES string of the molecule is Cc1ccc(C(C)C)cc1OCC1(CBr)CCOCC1. The molecule has 3 heteroatoms. The summed E-state index contributed by atoms with van der Waals surface area (Å²) in [5, 5.41) is 0.978. The molecule has 2 rings (SSSR count). The van der Waals surface area contributed by atoms with Crippen molar-refractivity contribution in [2.75, 3.05) is 25.2 Å². The second-order valence-electron chi connectivity index (χ2n) is 6.21. The number of ether oxygens (including phenoxy) is 2. The molecule has 0 N–H and O–H groups in total. The Labute approximate surface area is 131 Å². The summed E-state index contributed by atoms with van der Waals surface area (Å²) in [7, 11) is 0. The maximum Gasteiger partial charge on any atom is 0.122 e. The van der Waals surface area contributed by atoms with E-state index < -0.39 is 0 Å². The molecule has 20 heavy (non-hydrogen) atoms. The predicted molar refractivity (Wildman–Crippen MR) is 87.0 cm³/mol. The fraction of sp³-hybridized carbons (Fsp3) is 0.647. The Bertz CT molecular complexity index is 437. The van der Waals surface area contributed by atoms with Crippen LogP contribution < -0.4 is 4.74 Å². The average Bonchev–Trinajstić information content (AvgIpc) is 2.47. The molecular weight excluding hydrogens is 316 g/mol. The number of halogens is 1. The Morgan fingerprint density at radius 2 is 2.00 bits per heavy atom. The van der Waals surface area contributed by atoms with Gasteiger partial charge in [0.1, 0.15) is 5.75 Å². The number of benzene rings is 1. The monoisotopic (exact) mass is 340 g/mol. The zero-order valence-corrected chi connectivity index (χ0v) is 14.3. The van der Waals surface area contributed by atoms with Crippen LogP contribution in [0.1, 0.15) is 43.7 Å². The minimum atomic E-state index is 0.221. The minimum absolute atomic E-state index is 0.221. The first-order valence-corrected chi connectivity index (χ1v) is 8.55. The molecule has 0 spiro atoms. The number of rotatable bonds is 5. The Kier molecular flexibility index (Phi) is 5.50. The maximum absolute atomic E-state index is 6.18. The fourth-order valence-electron chi connectivity index (χ4n) is 2.48. The molecule has 0 radical (unpaired) electrons. The van der Waals surface area contributed by atoms with Crippen LogP contribution >= 0.6 is 15.9 Å². The molecule has 0 saturated carbocycles. The highest BCUT2D eigenvalue weighted by Crippen LogP contribution is 2.34. The van der Waals surface area contributed by atoms with E-state index in [1.54, 1.807) is 0 Å². The molecule has 0 bridgehead atoms. The first kappa shape index (κ1) is 15.8. The molecule has 1 aliphatic heterocycles. The summed E-state index contributed by atoms with van der Waals surface area (Å²) in [4.78, 5) is 0. The average molecular weight is 341 g/mol. The highest BCUT2D eigenvalue weighted by atomic mass is 79.9. The van der Waals surface area contributed by atoms with Gasteiger partial charge < -0.3 is 9.47 Å². The molecule has 1 aromatic rings. The summed E-state index contributed by atoms with van der Waals surface area (Å²) < 4.78 is 11.7. The lowest BCUT2D eigenvalue weighted by atomic mass is 9.83. The van der Waals surface area contributed by atoms with Crippen LogP contribution in [0.3, 0.4) is 0 Å². The molecule has 1 heterocycles. The number of hydrogen-bond donors (Lipinski definition) is 0. The molecular formula is C17H25BrO2. The van der Waals surface area contributed by atoms with Crippen LogP contribution in [0.5, 0.6) is 5.75 Å². The molecule has 0 aliphatic carbocycles. The van der Waals surface area contributed by atoms with E-state index in [1.165, 1.54) is 11.1 Å². The van der Waals surface area contributed by atoms with Gasteiger partial charge in [-0.25, -0.2) is 0 Å². The van der Waals surface area contributed by atoms with E-state index in [1.807, 2.05) is 0 Å². The summed E-state index contributed by atoms with van der Waals surface area (Å²) in [6, 6.07) is 6.55. The smallest absolute Gasteiger partial charge is 0.122 e. The lowest BCUT2D eigenvalue weighted by Crippen LogP contribution is -2.36. The van der Waals surface area contributed by atoms with Crippen LogP contribution in [0.2, 0.25) is 0 Å². The molecule has 1 saturated heterocycles. The molecule has 0 aromatic heterocycles. The van der Waals surface area contributed by atoms with Gasteiger partial charge in [-0.3, -0.25) is 0 Å². The quantitative estimate of drug-likeness (QED) is 0.724.